The SMILES string of the molecule is [B]c1ccc(Cl)c(C2CCC(=O)NC2=O)c1. The maximum Gasteiger partial charge on any atom is 0.234 e. The molecule has 1 saturated heterocycles. The van der Waals surface area contributed by atoms with Gasteiger partial charge in [-0.25, -0.2) is 0 Å². The summed E-state index contributed by atoms with van der Waals surface area (Å²) >= 11 is 6.01. The van der Waals surface area contributed by atoms with Gasteiger partial charge in [-0.2, -0.15) is 0 Å². The molecule has 0 aliphatic carbocycles. The third-order valence-electron chi connectivity index (χ3n) is 2.63. The van der Waals surface area contributed by atoms with E-state index < -0.39 is 0 Å². The quantitative estimate of drug-likeness (QED) is 0.572. The average molecular weight is 233 g/mol. The van der Waals surface area contributed by atoms with Crippen molar-refractivity contribution in [2.24, 2.45) is 0 Å². The van der Waals surface area contributed by atoms with E-state index in [1.54, 1.807) is 18.2 Å². The minimum Gasteiger partial charge on any atom is -0.296 e. The van der Waals surface area contributed by atoms with Crippen LogP contribution in [0.5, 0.6) is 0 Å². The van der Waals surface area contributed by atoms with Crippen LogP contribution in [0.4, 0.5) is 0 Å². The predicted molar refractivity (Wildman–Crippen MR) is 62.0 cm³/mol. The van der Waals surface area contributed by atoms with Crippen LogP contribution in [0.15, 0.2) is 18.2 Å². The van der Waals surface area contributed by atoms with Gasteiger partial charge in [0.15, 0.2) is 0 Å². The number of hydrogen-bond donors (Lipinski definition) is 1. The number of benzene rings is 1. The van der Waals surface area contributed by atoms with Crippen molar-refractivity contribution in [2.75, 3.05) is 0 Å². The molecule has 1 atom stereocenters. The molecule has 16 heavy (non-hydrogen) atoms. The second kappa shape index (κ2) is 4.30. The van der Waals surface area contributed by atoms with Gasteiger partial charge in [0.1, 0.15) is 7.85 Å². The van der Waals surface area contributed by atoms with E-state index in [0.29, 0.717) is 28.9 Å². The van der Waals surface area contributed by atoms with Gasteiger partial charge in [-0.1, -0.05) is 29.2 Å². The highest BCUT2D eigenvalue weighted by Gasteiger charge is 2.29. The molecule has 1 aromatic rings. The van der Waals surface area contributed by atoms with E-state index in [1.165, 1.54) is 0 Å². The molecule has 80 valence electrons. The number of imide groups is 1. The lowest BCUT2D eigenvalue weighted by atomic mass is 9.86. The maximum atomic E-state index is 11.6. The Morgan fingerprint density at radius 2 is 2.12 bits per heavy atom. The van der Waals surface area contributed by atoms with Gasteiger partial charge in [0, 0.05) is 11.4 Å². The molecule has 1 heterocycles. The third kappa shape index (κ3) is 2.12. The molecule has 2 radical (unpaired) electrons. The van der Waals surface area contributed by atoms with Gasteiger partial charge in [0.05, 0.1) is 5.92 Å². The highest BCUT2D eigenvalue weighted by Crippen LogP contribution is 2.29. The number of carbonyl (C=O) groups excluding carboxylic acids is 2. The summed E-state index contributed by atoms with van der Waals surface area (Å²) in [6, 6.07) is 5.02. The van der Waals surface area contributed by atoms with Gasteiger partial charge >= 0.3 is 0 Å². The standard InChI is InChI=1S/C11H9BClNO2/c12-6-1-3-9(13)8(5-6)7-2-4-10(15)14-11(7)16/h1,3,5,7H,2,4H2,(H,14,15,16). The van der Waals surface area contributed by atoms with Gasteiger partial charge in [-0.05, 0) is 18.1 Å². The Balaban J connectivity index is 2.33. The third-order valence-corrected chi connectivity index (χ3v) is 2.98. The first-order chi connectivity index (χ1) is 7.58. The Labute approximate surface area is 99.6 Å². The Bertz CT molecular complexity index is 461. The van der Waals surface area contributed by atoms with E-state index >= 15 is 0 Å². The van der Waals surface area contributed by atoms with Crippen LogP contribution in [-0.4, -0.2) is 19.7 Å². The zero-order valence-corrected chi connectivity index (χ0v) is 9.25. The van der Waals surface area contributed by atoms with E-state index in [9.17, 15) is 9.59 Å². The number of piperidine rings is 1. The lowest BCUT2D eigenvalue weighted by Crippen LogP contribution is -2.39. The van der Waals surface area contributed by atoms with Crippen LogP contribution in [0.1, 0.15) is 24.3 Å². The van der Waals surface area contributed by atoms with E-state index in [4.69, 9.17) is 19.4 Å². The van der Waals surface area contributed by atoms with Crippen LogP contribution < -0.4 is 10.8 Å². The molecule has 0 spiro atoms. The first-order valence-corrected chi connectivity index (χ1v) is 5.34. The van der Waals surface area contributed by atoms with Crippen LogP contribution in [0.3, 0.4) is 0 Å². The van der Waals surface area contributed by atoms with E-state index in [0.717, 1.165) is 0 Å². The van der Waals surface area contributed by atoms with Gasteiger partial charge in [-0.15, -0.1) is 0 Å². The van der Waals surface area contributed by atoms with Crippen molar-refractivity contribution in [1.82, 2.24) is 5.32 Å². The fourth-order valence-corrected chi connectivity index (χ4v) is 2.07. The summed E-state index contributed by atoms with van der Waals surface area (Å²) in [6.45, 7) is 0. The maximum absolute atomic E-state index is 11.6. The molecule has 1 aliphatic heterocycles. The first-order valence-electron chi connectivity index (χ1n) is 4.96. The van der Waals surface area contributed by atoms with Crippen molar-refractivity contribution in [3.8, 4) is 0 Å². The van der Waals surface area contributed by atoms with Crippen LogP contribution in [0.2, 0.25) is 5.02 Å². The molecule has 0 aromatic heterocycles. The summed E-state index contributed by atoms with van der Waals surface area (Å²) in [4.78, 5) is 22.6. The molecule has 1 fully saturated rings. The summed E-state index contributed by atoms with van der Waals surface area (Å²) in [7, 11) is 5.65. The summed E-state index contributed by atoms with van der Waals surface area (Å²) < 4.78 is 0. The van der Waals surface area contributed by atoms with Crippen molar-refractivity contribution < 1.29 is 9.59 Å². The highest BCUT2D eigenvalue weighted by molar-refractivity contribution is 6.35. The average Bonchev–Trinajstić information content (AvgIpc) is 2.22. The zero-order valence-electron chi connectivity index (χ0n) is 8.50. The molecule has 2 rings (SSSR count). The van der Waals surface area contributed by atoms with Crippen molar-refractivity contribution >= 4 is 36.7 Å². The normalized spacial score (nSPS) is 20.7. The minimum atomic E-state index is -0.381. The summed E-state index contributed by atoms with van der Waals surface area (Å²) in [5.74, 6) is -0.918. The van der Waals surface area contributed by atoms with Crippen LogP contribution in [0.25, 0.3) is 0 Å². The topological polar surface area (TPSA) is 46.2 Å². The molecule has 5 heteroatoms. The fraction of sp³-hybridized carbons (Fsp3) is 0.273. The monoisotopic (exact) mass is 233 g/mol. The second-order valence-corrected chi connectivity index (χ2v) is 4.19. The molecule has 1 unspecified atom stereocenters. The molecular weight excluding hydrogens is 224 g/mol. The molecule has 3 nitrogen and oxygen atoms in total. The smallest absolute Gasteiger partial charge is 0.234 e. The molecule has 0 saturated carbocycles. The largest absolute Gasteiger partial charge is 0.296 e. The number of hydrogen-bond acceptors (Lipinski definition) is 2. The second-order valence-electron chi connectivity index (χ2n) is 3.78. The summed E-state index contributed by atoms with van der Waals surface area (Å²) in [6.07, 6.45) is 0.815. The molecule has 1 aromatic carbocycles. The Hall–Kier alpha value is -1.29. The minimum absolute atomic E-state index is 0.235. The Morgan fingerprint density at radius 3 is 2.81 bits per heavy atom. The predicted octanol–water partition coefficient (Wildman–Crippen LogP) is 0.654. The Morgan fingerprint density at radius 1 is 1.38 bits per heavy atom. The molecular formula is C11H9BClNO2. The number of nitrogens with one attached hydrogen (secondary N) is 1. The van der Waals surface area contributed by atoms with E-state index in [2.05, 4.69) is 5.32 Å². The number of carbonyl (C=O) groups is 2. The lowest BCUT2D eigenvalue weighted by Gasteiger charge is -2.22. The van der Waals surface area contributed by atoms with E-state index in [1.807, 2.05) is 0 Å². The summed E-state index contributed by atoms with van der Waals surface area (Å²) in [5.41, 5.74) is 1.25. The van der Waals surface area contributed by atoms with Gasteiger partial charge in [0.25, 0.3) is 0 Å². The molecule has 2 amide bonds. The number of halogens is 1. The molecule has 0 bridgehead atoms. The zero-order chi connectivity index (χ0) is 11.7. The van der Waals surface area contributed by atoms with Gasteiger partial charge < -0.3 is 0 Å². The molecule has 1 N–H and O–H groups in total. The van der Waals surface area contributed by atoms with Gasteiger partial charge in [-0.3, -0.25) is 14.9 Å². The number of rotatable bonds is 1. The van der Waals surface area contributed by atoms with Gasteiger partial charge in [0.2, 0.25) is 11.8 Å². The Kier molecular flexibility index (Phi) is 3.01. The van der Waals surface area contributed by atoms with Crippen LogP contribution in [0, 0.1) is 0 Å². The van der Waals surface area contributed by atoms with Crippen LogP contribution in [-0.2, 0) is 9.59 Å². The van der Waals surface area contributed by atoms with Crippen LogP contribution >= 0.6 is 11.6 Å². The lowest BCUT2D eigenvalue weighted by molar-refractivity contribution is -0.134. The summed E-state index contributed by atoms with van der Waals surface area (Å²) in [5, 5.41) is 2.80. The first kappa shape index (κ1) is 11.2. The highest BCUT2D eigenvalue weighted by atomic mass is 35.5. The fourth-order valence-electron chi connectivity index (χ4n) is 1.82. The van der Waals surface area contributed by atoms with E-state index in [-0.39, 0.29) is 17.7 Å². The van der Waals surface area contributed by atoms with Crippen molar-refractivity contribution in [1.29, 1.82) is 0 Å². The van der Waals surface area contributed by atoms with Crippen molar-refractivity contribution in [3.05, 3.63) is 28.8 Å². The van der Waals surface area contributed by atoms with Crippen molar-refractivity contribution in [3.63, 3.8) is 0 Å². The molecule has 1 aliphatic rings. The number of amides is 2. The van der Waals surface area contributed by atoms with Crippen molar-refractivity contribution in [2.45, 2.75) is 18.8 Å².